The van der Waals surface area contributed by atoms with Crippen LogP contribution in [0, 0.1) is 17.6 Å². The third-order valence-corrected chi connectivity index (χ3v) is 4.99. The molecule has 1 atom stereocenters. The number of methoxy groups -OCH3 is 2. The summed E-state index contributed by atoms with van der Waals surface area (Å²) in [5, 5.41) is 0. The first-order chi connectivity index (χ1) is 13.4. The molecule has 0 saturated heterocycles. The van der Waals surface area contributed by atoms with E-state index in [2.05, 4.69) is 0 Å². The van der Waals surface area contributed by atoms with Crippen LogP contribution in [-0.2, 0) is 4.79 Å². The van der Waals surface area contributed by atoms with Gasteiger partial charge in [-0.15, -0.1) is 0 Å². The molecule has 1 aliphatic carbocycles. The van der Waals surface area contributed by atoms with Gasteiger partial charge in [0.2, 0.25) is 0 Å². The molecule has 1 aliphatic rings. The van der Waals surface area contributed by atoms with Crippen LogP contribution in [-0.4, -0.2) is 20.0 Å². The molecule has 146 valence electrons. The quantitative estimate of drug-likeness (QED) is 0.658. The first-order valence-electron chi connectivity index (χ1n) is 9.07. The summed E-state index contributed by atoms with van der Waals surface area (Å²) in [5.41, 5.74) is 1.69. The molecule has 0 spiro atoms. The maximum absolute atomic E-state index is 14.3. The van der Waals surface area contributed by atoms with Gasteiger partial charge in [0.1, 0.15) is 23.1 Å². The van der Waals surface area contributed by atoms with E-state index in [-0.39, 0.29) is 11.7 Å². The van der Waals surface area contributed by atoms with Crippen LogP contribution in [0.1, 0.15) is 30.9 Å². The number of hydrogen-bond acceptors (Lipinski definition) is 3. The summed E-state index contributed by atoms with van der Waals surface area (Å²) in [7, 11) is 2.93. The Hall–Kier alpha value is -2.95. The van der Waals surface area contributed by atoms with E-state index < -0.39 is 11.6 Å². The molecule has 3 rings (SSSR count). The molecule has 1 fully saturated rings. The summed E-state index contributed by atoms with van der Waals surface area (Å²) in [6, 6.07) is 9.03. The van der Waals surface area contributed by atoms with Gasteiger partial charge in [0.05, 0.1) is 14.2 Å². The summed E-state index contributed by atoms with van der Waals surface area (Å²) in [6.07, 6.45) is 4.44. The molecule has 0 unspecified atom stereocenters. The van der Waals surface area contributed by atoms with Crippen LogP contribution in [0.5, 0.6) is 11.5 Å². The number of carbonyl (C=O) groups excluding carboxylic acids is 1. The van der Waals surface area contributed by atoms with E-state index in [0.717, 1.165) is 6.42 Å². The average Bonchev–Trinajstić information content (AvgIpc) is 2.69. The van der Waals surface area contributed by atoms with Gasteiger partial charge in [0, 0.05) is 34.4 Å². The SMILES string of the molecule is COc1ccc(/C=C2\CC[C@H](C)/C(=C\c3ccc(OC)cc3F)C2=O)c(F)c1. The van der Waals surface area contributed by atoms with Gasteiger partial charge in [0.25, 0.3) is 0 Å². The van der Waals surface area contributed by atoms with Crippen LogP contribution in [0.15, 0.2) is 47.5 Å². The van der Waals surface area contributed by atoms with Crippen LogP contribution in [0.3, 0.4) is 0 Å². The lowest BCUT2D eigenvalue weighted by atomic mass is 9.80. The molecule has 0 heterocycles. The molecule has 0 aromatic heterocycles. The Bertz CT molecular complexity index is 960. The van der Waals surface area contributed by atoms with Crippen molar-refractivity contribution in [3.8, 4) is 11.5 Å². The minimum atomic E-state index is -0.454. The molecule has 0 bridgehead atoms. The second-order valence-corrected chi connectivity index (χ2v) is 6.81. The number of ether oxygens (including phenoxy) is 2. The maximum Gasteiger partial charge on any atom is 0.185 e. The molecular weight excluding hydrogens is 362 g/mol. The second-order valence-electron chi connectivity index (χ2n) is 6.81. The molecule has 3 nitrogen and oxygen atoms in total. The lowest BCUT2D eigenvalue weighted by molar-refractivity contribution is -0.113. The van der Waals surface area contributed by atoms with E-state index in [1.54, 1.807) is 36.4 Å². The fraction of sp³-hybridized carbons (Fsp3) is 0.261. The van der Waals surface area contributed by atoms with Crippen LogP contribution < -0.4 is 9.47 Å². The number of hydrogen-bond donors (Lipinski definition) is 0. The van der Waals surface area contributed by atoms with Crippen LogP contribution in [0.25, 0.3) is 12.2 Å². The van der Waals surface area contributed by atoms with Crippen molar-refractivity contribution in [3.63, 3.8) is 0 Å². The van der Waals surface area contributed by atoms with Crippen molar-refractivity contribution in [2.75, 3.05) is 14.2 Å². The van der Waals surface area contributed by atoms with Crippen molar-refractivity contribution in [2.24, 2.45) is 5.92 Å². The molecule has 1 saturated carbocycles. The van der Waals surface area contributed by atoms with Gasteiger partial charge in [-0.1, -0.05) is 6.92 Å². The van der Waals surface area contributed by atoms with E-state index in [1.165, 1.54) is 26.4 Å². The second kappa shape index (κ2) is 8.38. The highest BCUT2D eigenvalue weighted by Gasteiger charge is 2.27. The minimum absolute atomic E-state index is 0.00753. The van der Waals surface area contributed by atoms with Gasteiger partial charge in [-0.2, -0.15) is 0 Å². The van der Waals surface area contributed by atoms with E-state index in [1.807, 2.05) is 6.92 Å². The first-order valence-corrected chi connectivity index (χ1v) is 9.07. The Labute approximate surface area is 163 Å². The van der Waals surface area contributed by atoms with Gasteiger partial charge < -0.3 is 9.47 Å². The highest BCUT2D eigenvalue weighted by Crippen LogP contribution is 2.33. The van der Waals surface area contributed by atoms with Crippen molar-refractivity contribution in [3.05, 3.63) is 70.3 Å². The molecular formula is C23H22F2O3. The Balaban J connectivity index is 1.95. The summed E-state index contributed by atoms with van der Waals surface area (Å²) in [5.74, 6) is -0.262. The lowest BCUT2D eigenvalue weighted by Crippen LogP contribution is -2.19. The number of benzene rings is 2. The minimum Gasteiger partial charge on any atom is -0.497 e. The zero-order valence-corrected chi connectivity index (χ0v) is 16.1. The van der Waals surface area contributed by atoms with Gasteiger partial charge >= 0.3 is 0 Å². The van der Waals surface area contributed by atoms with Gasteiger partial charge in [-0.3, -0.25) is 4.79 Å². The third-order valence-electron chi connectivity index (χ3n) is 4.99. The molecule has 5 heteroatoms. The molecule has 0 aliphatic heterocycles. The molecule has 2 aromatic rings. The molecule has 2 aromatic carbocycles. The Morgan fingerprint density at radius 1 is 0.929 bits per heavy atom. The Kier molecular flexibility index (Phi) is 5.93. The number of carbonyl (C=O) groups is 1. The predicted molar refractivity (Wildman–Crippen MR) is 105 cm³/mol. The highest BCUT2D eigenvalue weighted by atomic mass is 19.1. The van der Waals surface area contributed by atoms with E-state index in [0.29, 0.717) is 40.2 Å². The summed E-state index contributed by atoms with van der Waals surface area (Å²) < 4.78 is 38.6. The fourth-order valence-electron chi connectivity index (χ4n) is 3.25. The standard InChI is InChI=1S/C23H22F2O3/c1-14-4-5-17(10-15-6-8-18(27-2)12-21(15)24)23(26)20(14)11-16-7-9-19(28-3)13-22(16)25/h6-14H,4-5H2,1-3H3/b17-10+,20-11+/t14-/m0/s1. The lowest BCUT2D eigenvalue weighted by Gasteiger charge is -2.23. The normalized spacial score (nSPS) is 19.9. The topological polar surface area (TPSA) is 35.5 Å². The summed E-state index contributed by atoms with van der Waals surface area (Å²) >= 11 is 0. The smallest absolute Gasteiger partial charge is 0.185 e. The van der Waals surface area contributed by atoms with E-state index in [4.69, 9.17) is 9.47 Å². The summed E-state index contributed by atoms with van der Waals surface area (Å²) in [4.78, 5) is 13.0. The average molecular weight is 384 g/mol. The first kappa shape index (κ1) is 19.8. The zero-order chi connectivity index (χ0) is 20.3. The van der Waals surface area contributed by atoms with Gasteiger partial charge in [-0.25, -0.2) is 8.78 Å². The number of allylic oxidation sites excluding steroid dienone is 2. The van der Waals surface area contributed by atoms with Crippen LogP contribution >= 0.6 is 0 Å². The van der Waals surface area contributed by atoms with Crippen molar-refractivity contribution in [2.45, 2.75) is 19.8 Å². The number of halogens is 2. The molecule has 0 N–H and O–H groups in total. The molecule has 0 radical (unpaired) electrons. The Morgan fingerprint density at radius 3 is 1.96 bits per heavy atom. The molecule has 28 heavy (non-hydrogen) atoms. The zero-order valence-electron chi connectivity index (χ0n) is 16.1. The summed E-state index contributed by atoms with van der Waals surface area (Å²) in [6.45, 7) is 1.94. The van der Waals surface area contributed by atoms with Crippen molar-refractivity contribution in [1.29, 1.82) is 0 Å². The maximum atomic E-state index is 14.3. The molecule has 0 amide bonds. The van der Waals surface area contributed by atoms with Gasteiger partial charge in [0.15, 0.2) is 5.78 Å². The van der Waals surface area contributed by atoms with Crippen molar-refractivity contribution in [1.82, 2.24) is 0 Å². The Morgan fingerprint density at radius 2 is 1.46 bits per heavy atom. The predicted octanol–water partition coefficient (Wildman–Crippen LogP) is 5.45. The van der Waals surface area contributed by atoms with Crippen molar-refractivity contribution < 1.29 is 23.0 Å². The fourth-order valence-corrected chi connectivity index (χ4v) is 3.25. The van der Waals surface area contributed by atoms with Crippen LogP contribution in [0.2, 0.25) is 0 Å². The largest absolute Gasteiger partial charge is 0.497 e. The number of ketones is 1. The van der Waals surface area contributed by atoms with Crippen molar-refractivity contribution >= 4 is 17.9 Å². The highest BCUT2D eigenvalue weighted by molar-refractivity contribution is 6.14. The number of Topliss-reactive ketones (excluding diaryl/α,β-unsaturated/α-hetero) is 1. The van der Waals surface area contributed by atoms with Gasteiger partial charge in [-0.05, 0) is 55.2 Å². The number of rotatable bonds is 4. The van der Waals surface area contributed by atoms with E-state index in [9.17, 15) is 13.6 Å². The van der Waals surface area contributed by atoms with Crippen LogP contribution in [0.4, 0.5) is 8.78 Å². The third kappa shape index (κ3) is 4.14. The van der Waals surface area contributed by atoms with E-state index >= 15 is 0 Å². The monoisotopic (exact) mass is 384 g/mol.